The zero-order valence-electron chi connectivity index (χ0n) is 42.2. The molecule has 0 aromatic heterocycles. The average molecular weight is 915 g/mol. The molecule has 1 aliphatic heterocycles. The van der Waals surface area contributed by atoms with Crippen molar-refractivity contribution in [2.45, 2.75) is 190 Å². The third-order valence-corrected chi connectivity index (χ3v) is 23.9. The Labute approximate surface area is 397 Å². The third kappa shape index (κ3) is 5.07. The normalized spacial score (nSPS) is 50.0. The van der Waals surface area contributed by atoms with Crippen LogP contribution in [0.15, 0.2) is 52.7 Å². The number of allylic oxidation sites excluding steroid dienone is 5. The molecular weight excluding hydrogens is 841 g/mol. The first-order chi connectivity index (χ1) is 30.9. The van der Waals surface area contributed by atoms with E-state index in [0.717, 1.165) is 80.9 Å². The van der Waals surface area contributed by atoms with Gasteiger partial charge in [-0.3, -0.25) is 19.2 Å². The number of carbonyl (C=O) groups excluding carboxylic acids is 2. The van der Waals surface area contributed by atoms with E-state index < -0.39 is 50.8 Å². The number of ketones is 2. The minimum atomic E-state index is -2.39. The number of carboxylic acid groups (broad SMARTS) is 2. The predicted octanol–water partition coefficient (Wildman–Crippen LogP) is 12.0. The molecule has 11 rings (SSSR count). The summed E-state index contributed by atoms with van der Waals surface area (Å²) >= 11 is 0. The van der Waals surface area contributed by atoms with Crippen LogP contribution in [0, 0.1) is 67.5 Å². The summed E-state index contributed by atoms with van der Waals surface area (Å²) in [7, 11) is 0. The monoisotopic (exact) mass is 915 g/mol. The largest absolute Gasteiger partial charge is 0.481 e. The molecule has 9 aliphatic carbocycles. The van der Waals surface area contributed by atoms with Gasteiger partial charge in [0.15, 0.2) is 17.3 Å². The maximum Gasteiger partial charge on any atom is 0.317 e. The molecule has 67 heavy (non-hydrogen) atoms. The Morgan fingerprint density at radius 1 is 0.597 bits per heavy atom. The standard InChI is InChI=1S/C58H74O9/c1-32-43-35(52(7)22-26-56(11)41-31-50(5,46(63)64)18-16-48(41,3)20-24-54(56,9)39(52)29-36(43)59)27-37-44(32)67-57(12)33-13-14-38-51(6,34(33)28-42(60)58(57,65)66-37)21-25-55(10)40-30-49(4,45(61)62)17-15-47(40,2)19-23-53(38,55)8/h13-14,27-29,40-41,65H,15-26,30-31H2,1-12H3,(H,61,62)(H,63,64)/t40-,41-,47-,48-,49-,50-,51+,52+,53-,54-,55+,56+,57+,58-/m1/s1. The fourth-order valence-electron chi connectivity index (χ4n) is 18.4. The molecule has 0 radical (unpaired) electrons. The van der Waals surface area contributed by atoms with Crippen molar-refractivity contribution in [3.05, 3.63) is 69.4 Å². The van der Waals surface area contributed by atoms with Crippen LogP contribution >= 0.6 is 0 Å². The molecule has 0 unspecified atom stereocenters. The molecule has 0 bridgehead atoms. The second-order valence-corrected chi connectivity index (χ2v) is 26.9. The Morgan fingerprint density at radius 2 is 1.10 bits per heavy atom. The van der Waals surface area contributed by atoms with Crippen LogP contribution in [0.2, 0.25) is 0 Å². The minimum absolute atomic E-state index is 0.0229. The molecule has 9 heteroatoms. The Morgan fingerprint density at radius 3 is 1.64 bits per heavy atom. The third-order valence-electron chi connectivity index (χ3n) is 23.9. The van der Waals surface area contributed by atoms with Gasteiger partial charge in [0.1, 0.15) is 0 Å². The molecule has 1 heterocycles. The Hall–Kier alpha value is -3.98. The number of hydrogen-bond acceptors (Lipinski definition) is 7. The number of carbonyl (C=O) groups is 4. The molecule has 0 saturated heterocycles. The van der Waals surface area contributed by atoms with Gasteiger partial charge in [-0.05, 0) is 197 Å². The van der Waals surface area contributed by atoms with Crippen molar-refractivity contribution in [1.82, 2.24) is 0 Å². The van der Waals surface area contributed by atoms with E-state index in [4.69, 9.17) is 9.47 Å². The van der Waals surface area contributed by atoms with Crippen LogP contribution in [0.4, 0.5) is 0 Å². The Balaban J connectivity index is 0.977. The summed E-state index contributed by atoms with van der Waals surface area (Å²) in [6, 6.07) is 1.88. The molecule has 10 aliphatic rings. The van der Waals surface area contributed by atoms with Crippen LogP contribution in [0.25, 0.3) is 0 Å². The number of rotatable bonds is 2. The van der Waals surface area contributed by atoms with E-state index in [-0.39, 0.29) is 55.9 Å². The van der Waals surface area contributed by atoms with Gasteiger partial charge in [-0.2, -0.15) is 0 Å². The first kappa shape index (κ1) is 45.5. The van der Waals surface area contributed by atoms with Crippen molar-refractivity contribution in [2.75, 3.05) is 0 Å². The highest BCUT2D eigenvalue weighted by Gasteiger charge is 2.72. The van der Waals surface area contributed by atoms with E-state index in [9.17, 15) is 34.5 Å². The molecule has 6 saturated carbocycles. The first-order valence-electron chi connectivity index (χ1n) is 25.6. The summed E-state index contributed by atoms with van der Waals surface area (Å²) in [5.41, 5.74) is 0.664. The SMILES string of the molecule is Cc1c2c(cc3c1C(=O)C=C1[C@@]3(C)CC[C@@]3(C)[C@@H]4C[C@](C)(C(=O)O)CC[C@]4(C)CC[C@]13C)O[C@]1(O)C(=O)C=C3C(=CC=C4[C@@]3(C)CC[C@@]3(C)[C@@H]5C[C@](C)(C(=O)O)CC[C@]5(C)CC[C@]43C)[C@]1(C)O2. The molecule has 14 atom stereocenters. The molecule has 1 aromatic rings. The van der Waals surface area contributed by atoms with E-state index >= 15 is 0 Å². The summed E-state index contributed by atoms with van der Waals surface area (Å²) in [6.45, 7) is 26.2. The van der Waals surface area contributed by atoms with Crippen molar-refractivity contribution in [1.29, 1.82) is 0 Å². The molecule has 9 nitrogen and oxygen atoms in total. The molecule has 6 fully saturated rings. The van der Waals surface area contributed by atoms with Gasteiger partial charge in [0.05, 0.1) is 10.8 Å². The Kier molecular flexibility index (Phi) is 8.72. The van der Waals surface area contributed by atoms with Crippen LogP contribution in [-0.2, 0) is 19.8 Å². The van der Waals surface area contributed by atoms with E-state index in [0.29, 0.717) is 48.1 Å². The second kappa shape index (κ2) is 12.9. The first-order valence-corrected chi connectivity index (χ1v) is 25.6. The van der Waals surface area contributed by atoms with Crippen LogP contribution in [0.1, 0.15) is 188 Å². The average Bonchev–Trinajstić information content (AvgIpc) is 3.25. The summed E-state index contributed by atoms with van der Waals surface area (Å²) in [5.74, 6) is -3.46. The molecular formula is C58H74O9. The van der Waals surface area contributed by atoms with Gasteiger partial charge in [0.2, 0.25) is 11.4 Å². The van der Waals surface area contributed by atoms with Crippen LogP contribution in [0.3, 0.4) is 0 Å². The molecule has 0 amide bonds. The predicted molar refractivity (Wildman–Crippen MR) is 255 cm³/mol. The van der Waals surface area contributed by atoms with E-state index in [1.165, 1.54) is 5.57 Å². The smallest absolute Gasteiger partial charge is 0.317 e. The van der Waals surface area contributed by atoms with Crippen LogP contribution in [0.5, 0.6) is 11.5 Å². The number of carboxylic acids is 2. The van der Waals surface area contributed by atoms with Crippen LogP contribution in [-0.4, -0.2) is 50.2 Å². The van der Waals surface area contributed by atoms with Crippen molar-refractivity contribution in [3.63, 3.8) is 0 Å². The highest BCUT2D eigenvalue weighted by molar-refractivity contribution is 6.10. The fourth-order valence-corrected chi connectivity index (χ4v) is 18.4. The number of hydrogen-bond donors (Lipinski definition) is 3. The topological polar surface area (TPSA) is 147 Å². The van der Waals surface area contributed by atoms with E-state index in [1.807, 2.05) is 39.0 Å². The zero-order valence-corrected chi connectivity index (χ0v) is 42.2. The second-order valence-electron chi connectivity index (χ2n) is 26.9. The number of aliphatic hydroxyl groups is 1. The minimum Gasteiger partial charge on any atom is -0.481 e. The van der Waals surface area contributed by atoms with E-state index in [1.54, 1.807) is 13.0 Å². The van der Waals surface area contributed by atoms with Gasteiger partial charge in [-0.25, -0.2) is 0 Å². The van der Waals surface area contributed by atoms with Gasteiger partial charge in [0, 0.05) is 27.5 Å². The van der Waals surface area contributed by atoms with Gasteiger partial charge < -0.3 is 24.8 Å². The highest BCUT2D eigenvalue weighted by atomic mass is 16.7. The van der Waals surface area contributed by atoms with Crippen molar-refractivity contribution in [2.24, 2.45) is 60.6 Å². The maximum absolute atomic E-state index is 14.9. The number of fused-ring (bicyclic) bond motifs is 17. The number of aliphatic carboxylic acids is 2. The molecule has 3 N–H and O–H groups in total. The summed E-state index contributed by atoms with van der Waals surface area (Å²) < 4.78 is 13.8. The van der Waals surface area contributed by atoms with Gasteiger partial charge in [-0.1, -0.05) is 73.1 Å². The zero-order chi connectivity index (χ0) is 48.5. The van der Waals surface area contributed by atoms with Gasteiger partial charge in [-0.15, -0.1) is 0 Å². The quantitative estimate of drug-likeness (QED) is 0.264. The highest BCUT2D eigenvalue weighted by Crippen LogP contribution is 2.78. The summed E-state index contributed by atoms with van der Waals surface area (Å²) in [5, 5.41) is 33.7. The van der Waals surface area contributed by atoms with Crippen LogP contribution < -0.4 is 9.47 Å². The van der Waals surface area contributed by atoms with E-state index in [2.05, 4.69) is 61.5 Å². The fraction of sp³-hybridized carbons (Fsp3) is 0.690. The Bertz CT molecular complexity index is 2690. The lowest BCUT2D eigenvalue weighted by Crippen LogP contribution is -2.70. The lowest BCUT2D eigenvalue weighted by molar-refractivity contribution is -0.231. The van der Waals surface area contributed by atoms with Crippen molar-refractivity contribution in [3.8, 4) is 11.5 Å². The summed E-state index contributed by atoms with van der Waals surface area (Å²) in [6.07, 6.45) is 19.3. The molecule has 360 valence electrons. The lowest BCUT2D eigenvalue weighted by Gasteiger charge is -2.70. The van der Waals surface area contributed by atoms with Gasteiger partial charge in [0.25, 0.3) is 0 Å². The van der Waals surface area contributed by atoms with Crippen molar-refractivity contribution < 1.29 is 44.0 Å². The van der Waals surface area contributed by atoms with Crippen molar-refractivity contribution >= 4 is 23.5 Å². The number of ether oxygens (including phenoxy) is 2. The number of benzene rings is 1. The molecule has 0 spiro atoms. The van der Waals surface area contributed by atoms with Gasteiger partial charge >= 0.3 is 17.7 Å². The summed E-state index contributed by atoms with van der Waals surface area (Å²) in [4.78, 5) is 55.2. The maximum atomic E-state index is 14.9. The lowest BCUT2D eigenvalue weighted by atomic mass is 9.34. The molecule has 1 aromatic carbocycles.